The van der Waals surface area contributed by atoms with Gasteiger partial charge in [0.2, 0.25) is 5.91 Å². The van der Waals surface area contributed by atoms with Gasteiger partial charge < -0.3 is 4.90 Å². The average Bonchev–Trinajstić information content (AvgIpc) is 2.71. The Morgan fingerprint density at radius 3 is 2.41 bits per heavy atom. The Hall–Kier alpha value is -2.26. The van der Waals surface area contributed by atoms with Crippen molar-refractivity contribution in [3.05, 3.63) is 90.5 Å². The molecule has 2 aromatic rings. The van der Waals surface area contributed by atoms with E-state index in [0.717, 1.165) is 30.5 Å². The molecular formula is C24H27NOS. The first-order valence-corrected chi connectivity index (χ1v) is 10.1. The summed E-state index contributed by atoms with van der Waals surface area (Å²) in [5.74, 6) is 0.156. The van der Waals surface area contributed by atoms with Crippen LogP contribution < -0.4 is 4.90 Å². The van der Waals surface area contributed by atoms with Crippen molar-refractivity contribution in [1.29, 1.82) is 0 Å². The predicted molar refractivity (Wildman–Crippen MR) is 117 cm³/mol. The van der Waals surface area contributed by atoms with Gasteiger partial charge in [0.15, 0.2) is 0 Å². The summed E-state index contributed by atoms with van der Waals surface area (Å²) in [5.41, 5.74) is 3.15. The van der Waals surface area contributed by atoms with Crippen LogP contribution in [0.4, 0.5) is 5.69 Å². The third kappa shape index (κ3) is 4.36. The zero-order valence-corrected chi connectivity index (χ0v) is 16.7. The number of hydrogen-bond donors (Lipinski definition) is 1. The van der Waals surface area contributed by atoms with E-state index < -0.39 is 0 Å². The van der Waals surface area contributed by atoms with Crippen LogP contribution in [0.25, 0.3) is 0 Å². The maximum atomic E-state index is 12.9. The maximum Gasteiger partial charge on any atom is 0.233 e. The van der Waals surface area contributed by atoms with Gasteiger partial charge in [0.25, 0.3) is 0 Å². The second kappa shape index (κ2) is 9.09. The smallest absolute Gasteiger partial charge is 0.233 e. The van der Waals surface area contributed by atoms with Crippen molar-refractivity contribution in [2.45, 2.75) is 37.5 Å². The third-order valence-corrected chi connectivity index (χ3v) is 5.69. The van der Waals surface area contributed by atoms with Crippen molar-refractivity contribution in [2.75, 3.05) is 4.90 Å². The molecule has 1 heterocycles. The van der Waals surface area contributed by atoms with E-state index in [0.29, 0.717) is 0 Å². The molecule has 0 radical (unpaired) electrons. The lowest BCUT2D eigenvalue weighted by Gasteiger charge is -2.48. The van der Waals surface area contributed by atoms with Crippen LogP contribution in [-0.4, -0.2) is 11.9 Å². The van der Waals surface area contributed by atoms with Gasteiger partial charge >= 0.3 is 0 Å². The van der Waals surface area contributed by atoms with E-state index in [1.54, 1.807) is 0 Å². The molecular weight excluding hydrogens is 350 g/mol. The minimum atomic E-state index is -0.0300. The van der Waals surface area contributed by atoms with Gasteiger partial charge in [0.05, 0.1) is 12.0 Å². The first-order valence-electron chi connectivity index (χ1n) is 9.60. The van der Waals surface area contributed by atoms with Crippen LogP contribution >= 0.6 is 12.6 Å². The lowest BCUT2D eigenvalue weighted by atomic mass is 9.78. The van der Waals surface area contributed by atoms with Gasteiger partial charge in [-0.05, 0) is 42.5 Å². The fourth-order valence-electron chi connectivity index (χ4n) is 3.68. The molecule has 0 aromatic heterocycles. The van der Waals surface area contributed by atoms with Crippen molar-refractivity contribution in [1.82, 2.24) is 0 Å². The first kappa shape index (κ1) is 19.5. The molecule has 0 bridgehead atoms. The van der Waals surface area contributed by atoms with E-state index in [4.69, 9.17) is 12.6 Å². The molecule has 0 aliphatic carbocycles. The second-order valence-electron chi connectivity index (χ2n) is 6.98. The first-order chi connectivity index (χ1) is 13.1. The SMILES string of the molecule is C=C(/C=C\CC)C1C(CCC(S)c2ccccc2)C(=O)N1c1ccccc1. The molecule has 0 saturated carbocycles. The molecule has 3 heteroatoms. The molecule has 27 heavy (non-hydrogen) atoms. The quantitative estimate of drug-likeness (QED) is 0.340. The van der Waals surface area contributed by atoms with Crippen LogP contribution in [0.1, 0.15) is 37.0 Å². The number of benzene rings is 2. The third-order valence-electron chi connectivity index (χ3n) is 5.13. The average molecular weight is 378 g/mol. The number of thiol groups is 1. The van der Waals surface area contributed by atoms with E-state index in [9.17, 15) is 4.79 Å². The molecule has 0 spiro atoms. The molecule has 3 atom stereocenters. The van der Waals surface area contributed by atoms with E-state index in [-0.39, 0.29) is 23.1 Å². The number of anilines is 1. The van der Waals surface area contributed by atoms with Crippen molar-refractivity contribution in [3.8, 4) is 0 Å². The highest BCUT2D eigenvalue weighted by Crippen LogP contribution is 2.40. The number of allylic oxidation sites excluding steroid dienone is 1. The van der Waals surface area contributed by atoms with E-state index in [1.165, 1.54) is 5.56 Å². The Kier molecular flexibility index (Phi) is 6.57. The van der Waals surface area contributed by atoms with Gasteiger partial charge in [-0.2, -0.15) is 12.6 Å². The van der Waals surface area contributed by atoms with E-state index in [1.807, 2.05) is 53.4 Å². The van der Waals surface area contributed by atoms with Gasteiger partial charge in [-0.25, -0.2) is 0 Å². The normalized spacial score (nSPS) is 20.5. The monoisotopic (exact) mass is 377 g/mol. The van der Waals surface area contributed by atoms with E-state index >= 15 is 0 Å². The summed E-state index contributed by atoms with van der Waals surface area (Å²) in [4.78, 5) is 14.8. The highest BCUT2D eigenvalue weighted by Gasteiger charge is 2.48. The van der Waals surface area contributed by atoms with Crippen LogP contribution in [-0.2, 0) is 4.79 Å². The Morgan fingerprint density at radius 1 is 1.15 bits per heavy atom. The maximum absolute atomic E-state index is 12.9. The Labute approximate surface area is 168 Å². The lowest BCUT2D eigenvalue weighted by Crippen LogP contribution is -2.61. The summed E-state index contributed by atoms with van der Waals surface area (Å²) >= 11 is 4.76. The van der Waals surface area contributed by atoms with Crippen LogP contribution in [0.3, 0.4) is 0 Å². The predicted octanol–water partition coefficient (Wildman–Crippen LogP) is 5.99. The highest BCUT2D eigenvalue weighted by atomic mass is 32.1. The summed E-state index contributed by atoms with van der Waals surface area (Å²) < 4.78 is 0. The van der Waals surface area contributed by atoms with Crippen molar-refractivity contribution >= 4 is 24.2 Å². The number of hydrogen-bond acceptors (Lipinski definition) is 2. The molecule has 2 nitrogen and oxygen atoms in total. The Morgan fingerprint density at radius 2 is 1.78 bits per heavy atom. The van der Waals surface area contributed by atoms with Crippen LogP contribution in [0.5, 0.6) is 0 Å². The minimum absolute atomic E-state index is 0.0269. The number of para-hydroxylation sites is 1. The van der Waals surface area contributed by atoms with Gasteiger partial charge in [-0.15, -0.1) is 0 Å². The van der Waals surface area contributed by atoms with Crippen molar-refractivity contribution in [2.24, 2.45) is 5.92 Å². The number of β-lactam (4-membered cyclic amide) rings is 1. The number of rotatable bonds is 8. The van der Waals surface area contributed by atoms with Gasteiger partial charge in [0.1, 0.15) is 0 Å². The largest absolute Gasteiger partial charge is 0.304 e. The fourth-order valence-corrected chi connectivity index (χ4v) is 4.00. The summed E-state index contributed by atoms with van der Waals surface area (Å²) in [6, 6.07) is 20.2. The molecule has 1 aliphatic heterocycles. The molecule has 3 rings (SSSR count). The molecule has 1 saturated heterocycles. The summed E-state index contributed by atoms with van der Waals surface area (Å²) in [6.07, 6.45) is 6.82. The highest BCUT2D eigenvalue weighted by molar-refractivity contribution is 7.80. The van der Waals surface area contributed by atoms with Gasteiger partial charge in [-0.3, -0.25) is 4.79 Å². The van der Waals surface area contributed by atoms with Gasteiger partial charge in [0, 0.05) is 10.9 Å². The van der Waals surface area contributed by atoms with Crippen molar-refractivity contribution in [3.63, 3.8) is 0 Å². The summed E-state index contributed by atoms with van der Waals surface area (Å²) in [6.45, 7) is 6.36. The second-order valence-corrected chi connectivity index (χ2v) is 7.61. The zero-order chi connectivity index (χ0) is 19.2. The minimum Gasteiger partial charge on any atom is -0.304 e. The molecule has 3 unspecified atom stereocenters. The number of carbonyl (C=O) groups excluding carboxylic acids is 1. The van der Waals surface area contributed by atoms with Crippen molar-refractivity contribution < 1.29 is 4.79 Å². The standard InChI is InChI=1S/C24H27NOS/c1-3-4-11-18(2)23-21(16-17-22(27)19-12-7-5-8-13-19)24(26)25(23)20-14-9-6-10-15-20/h4-15,21-23,27H,2-3,16-17H2,1H3/b11-4-. The number of nitrogens with zero attached hydrogens (tertiary/aromatic N) is 1. The zero-order valence-electron chi connectivity index (χ0n) is 15.8. The Balaban J connectivity index is 1.74. The van der Waals surface area contributed by atoms with Crippen LogP contribution in [0.15, 0.2) is 85.0 Å². The fraction of sp³-hybridized carbons (Fsp3) is 0.292. The molecule has 2 aromatic carbocycles. The molecule has 0 N–H and O–H groups in total. The van der Waals surface area contributed by atoms with Crippen LogP contribution in [0, 0.1) is 5.92 Å². The molecule has 1 aliphatic rings. The Bertz CT molecular complexity index is 800. The van der Waals surface area contributed by atoms with Crippen LogP contribution in [0.2, 0.25) is 0 Å². The van der Waals surface area contributed by atoms with E-state index in [2.05, 4.69) is 37.8 Å². The molecule has 1 fully saturated rings. The van der Waals surface area contributed by atoms with Gasteiger partial charge in [-0.1, -0.05) is 74.2 Å². The molecule has 1 amide bonds. The molecule has 140 valence electrons. The summed E-state index contributed by atoms with van der Waals surface area (Å²) in [7, 11) is 0. The topological polar surface area (TPSA) is 20.3 Å². The number of carbonyl (C=O) groups is 1. The number of amides is 1. The lowest BCUT2D eigenvalue weighted by molar-refractivity contribution is -0.129. The summed E-state index contributed by atoms with van der Waals surface area (Å²) in [5, 5.41) is 0.143.